The fourth-order valence-corrected chi connectivity index (χ4v) is 0.902. The highest BCUT2D eigenvalue weighted by molar-refractivity contribution is 5.85. The smallest absolute Gasteiger partial charge is 0.237 e. The number of nitrogens with one attached hydrogen (secondary N) is 1. The van der Waals surface area contributed by atoms with E-state index in [-0.39, 0.29) is 24.8 Å². The van der Waals surface area contributed by atoms with Gasteiger partial charge in [-0.2, -0.15) is 0 Å². The van der Waals surface area contributed by atoms with Crippen LogP contribution >= 0.6 is 24.8 Å². The third-order valence-corrected chi connectivity index (χ3v) is 1.90. The zero-order valence-corrected chi connectivity index (χ0v) is 10.9. The lowest BCUT2D eigenvalue weighted by molar-refractivity contribution is -0.125. The summed E-state index contributed by atoms with van der Waals surface area (Å²) < 4.78 is 0. The molecule has 4 atom stereocenters. The second-order valence-electron chi connectivity index (χ2n) is 3.29. The van der Waals surface area contributed by atoms with Crippen LogP contribution in [0.5, 0.6) is 0 Å². The second kappa shape index (κ2) is 10.7. The number of amides is 1. The van der Waals surface area contributed by atoms with Crippen molar-refractivity contribution in [2.24, 2.45) is 11.5 Å². The average molecular weight is 292 g/mol. The van der Waals surface area contributed by atoms with Crippen molar-refractivity contribution in [1.29, 1.82) is 0 Å². The Bertz CT molecular complexity index is 231. The normalized spacial score (nSPS) is 16.5. The van der Waals surface area contributed by atoms with Crippen molar-refractivity contribution in [3.8, 4) is 0 Å². The Kier molecular flexibility index (Phi) is 13.7. The van der Waals surface area contributed by atoms with Crippen molar-refractivity contribution in [1.82, 2.24) is 5.32 Å². The summed E-state index contributed by atoms with van der Waals surface area (Å²) >= 11 is 0. The zero-order chi connectivity index (χ0) is 12.0. The van der Waals surface area contributed by atoms with Gasteiger partial charge in [0, 0.05) is 0 Å². The molecule has 0 radical (unpaired) electrons. The van der Waals surface area contributed by atoms with Crippen molar-refractivity contribution >= 4 is 37.0 Å². The maximum atomic E-state index is 11.1. The number of carbonyl (C=O) groups excluding carboxylic acids is 2. The maximum absolute atomic E-state index is 11.1. The Balaban J connectivity index is -0.000000980. The van der Waals surface area contributed by atoms with Crippen LogP contribution in [0, 0.1) is 0 Å². The highest BCUT2D eigenvalue weighted by Crippen LogP contribution is 1.97. The van der Waals surface area contributed by atoms with Gasteiger partial charge in [0.25, 0.3) is 0 Å². The topological polar surface area (TPSA) is 139 Å². The minimum Gasteiger partial charge on any atom is -0.394 e. The van der Waals surface area contributed by atoms with Gasteiger partial charge in [0.1, 0.15) is 6.29 Å². The van der Waals surface area contributed by atoms with Gasteiger partial charge >= 0.3 is 0 Å². The molecule has 9 heteroatoms. The van der Waals surface area contributed by atoms with Gasteiger partial charge in [-0.25, -0.2) is 0 Å². The molecule has 0 heterocycles. The Morgan fingerprint density at radius 2 is 1.88 bits per heavy atom. The summed E-state index contributed by atoms with van der Waals surface area (Å²) in [5.74, 6) is -0.536. The van der Waals surface area contributed by atoms with Gasteiger partial charge in [-0.15, -0.1) is 24.8 Å². The molecule has 0 saturated carbocycles. The second-order valence-corrected chi connectivity index (χ2v) is 3.29. The van der Waals surface area contributed by atoms with E-state index in [0.29, 0.717) is 6.29 Å². The SMILES string of the molecule is C[C@@H](N)C(=O)N[C@@H](CO)[C@H](O)[C@@H](N)C=O.Cl.Cl. The van der Waals surface area contributed by atoms with E-state index >= 15 is 0 Å². The minimum absolute atomic E-state index is 0. The van der Waals surface area contributed by atoms with Gasteiger partial charge in [0.15, 0.2) is 0 Å². The first-order chi connectivity index (χ1) is 6.93. The van der Waals surface area contributed by atoms with E-state index in [1.54, 1.807) is 0 Å². The minimum atomic E-state index is -1.34. The molecular formula is C8H19Cl2N3O4. The largest absolute Gasteiger partial charge is 0.394 e. The van der Waals surface area contributed by atoms with E-state index in [1.807, 2.05) is 0 Å². The van der Waals surface area contributed by atoms with Crippen LogP contribution in [0.3, 0.4) is 0 Å². The van der Waals surface area contributed by atoms with Crippen molar-refractivity contribution in [2.75, 3.05) is 6.61 Å². The summed E-state index contributed by atoms with van der Waals surface area (Å²) in [6, 6.07) is -2.92. The standard InChI is InChI=1S/C8H17N3O4.2ClH/c1-4(9)8(15)11-6(3-13)7(14)5(10)2-12;;/h2,4-7,13-14H,3,9-10H2,1H3,(H,11,15);2*1H/t4-,5+,6+,7-;;/m1../s1. The highest BCUT2D eigenvalue weighted by atomic mass is 35.5. The Hall–Kier alpha value is -0.440. The molecule has 0 spiro atoms. The third-order valence-electron chi connectivity index (χ3n) is 1.90. The summed E-state index contributed by atoms with van der Waals surface area (Å²) in [4.78, 5) is 21.4. The molecule has 0 aromatic carbocycles. The van der Waals surface area contributed by atoms with Gasteiger partial charge in [0.2, 0.25) is 5.91 Å². The Labute approximate surface area is 112 Å². The van der Waals surface area contributed by atoms with E-state index < -0.39 is 36.7 Å². The van der Waals surface area contributed by atoms with E-state index in [1.165, 1.54) is 6.92 Å². The number of aliphatic hydroxyl groups excluding tert-OH is 2. The first kappa shape index (κ1) is 21.8. The number of halogens is 2. The molecule has 0 bridgehead atoms. The van der Waals surface area contributed by atoms with Crippen molar-refractivity contribution in [3.63, 3.8) is 0 Å². The van der Waals surface area contributed by atoms with Crippen molar-refractivity contribution in [2.45, 2.75) is 31.2 Å². The molecule has 0 saturated heterocycles. The summed E-state index contributed by atoms with van der Waals surface area (Å²) in [6.07, 6.45) is -0.999. The van der Waals surface area contributed by atoms with Gasteiger partial charge in [-0.1, -0.05) is 0 Å². The van der Waals surface area contributed by atoms with E-state index in [9.17, 15) is 14.7 Å². The van der Waals surface area contributed by atoms with Crippen LogP contribution in [-0.4, -0.2) is 53.2 Å². The number of rotatable bonds is 6. The summed E-state index contributed by atoms with van der Waals surface area (Å²) in [6.45, 7) is 0.928. The highest BCUT2D eigenvalue weighted by Gasteiger charge is 2.26. The van der Waals surface area contributed by atoms with Gasteiger partial charge in [0.05, 0.1) is 30.8 Å². The molecule has 0 aliphatic rings. The molecule has 17 heavy (non-hydrogen) atoms. The molecule has 0 aliphatic carbocycles. The number of carbonyl (C=O) groups is 2. The number of aldehydes is 1. The number of aliphatic hydroxyl groups is 2. The van der Waals surface area contributed by atoms with Crippen LogP contribution in [0.15, 0.2) is 0 Å². The van der Waals surface area contributed by atoms with E-state index in [2.05, 4.69) is 5.32 Å². The predicted molar refractivity (Wildman–Crippen MR) is 67.2 cm³/mol. The van der Waals surface area contributed by atoms with Crippen LogP contribution in [0.4, 0.5) is 0 Å². The first-order valence-electron chi connectivity index (χ1n) is 4.49. The summed E-state index contributed by atoms with van der Waals surface area (Å²) in [5.41, 5.74) is 10.5. The molecular weight excluding hydrogens is 273 g/mol. The molecule has 0 aromatic heterocycles. The van der Waals surface area contributed by atoms with Crippen LogP contribution in [-0.2, 0) is 9.59 Å². The molecule has 0 fully saturated rings. The lowest BCUT2D eigenvalue weighted by Crippen LogP contribution is -2.56. The fourth-order valence-electron chi connectivity index (χ4n) is 0.902. The van der Waals surface area contributed by atoms with Gasteiger partial charge < -0.3 is 31.8 Å². The molecule has 1 amide bonds. The predicted octanol–water partition coefficient (Wildman–Crippen LogP) is -2.46. The maximum Gasteiger partial charge on any atom is 0.237 e. The van der Waals surface area contributed by atoms with Crippen LogP contribution < -0.4 is 16.8 Å². The molecule has 0 aliphatic heterocycles. The van der Waals surface area contributed by atoms with Crippen LogP contribution in [0.1, 0.15) is 6.92 Å². The molecule has 7 nitrogen and oxygen atoms in total. The van der Waals surface area contributed by atoms with Crippen molar-refractivity contribution < 1.29 is 19.8 Å². The van der Waals surface area contributed by atoms with Crippen molar-refractivity contribution in [3.05, 3.63) is 0 Å². The van der Waals surface area contributed by atoms with E-state index in [4.69, 9.17) is 16.6 Å². The summed E-state index contributed by atoms with van der Waals surface area (Å²) in [5, 5.41) is 20.6. The lowest BCUT2D eigenvalue weighted by atomic mass is 10.1. The van der Waals surface area contributed by atoms with Crippen LogP contribution in [0.25, 0.3) is 0 Å². The molecule has 104 valence electrons. The lowest BCUT2D eigenvalue weighted by Gasteiger charge is -2.24. The van der Waals surface area contributed by atoms with Gasteiger partial charge in [-0.3, -0.25) is 4.79 Å². The Morgan fingerprint density at radius 1 is 1.41 bits per heavy atom. The number of nitrogens with two attached hydrogens (primary N) is 2. The van der Waals surface area contributed by atoms with E-state index in [0.717, 1.165) is 0 Å². The summed E-state index contributed by atoms with van der Waals surface area (Å²) in [7, 11) is 0. The average Bonchev–Trinajstić information content (AvgIpc) is 2.23. The first-order valence-corrected chi connectivity index (χ1v) is 4.49. The zero-order valence-electron chi connectivity index (χ0n) is 9.28. The molecule has 0 rings (SSSR count). The van der Waals surface area contributed by atoms with Crippen LogP contribution in [0.2, 0.25) is 0 Å². The molecule has 0 aromatic rings. The number of hydrogen-bond donors (Lipinski definition) is 5. The number of hydrogen-bond acceptors (Lipinski definition) is 6. The molecule has 7 N–H and O–H groups in total. The monoisotopic (exact) mass is 291 g/mol. The third kappa shape index (κ3) is 7.48. The molecule has 0 unspecified atom stereocenters. The Morgan fingerprint density at radius 3 is 2.18 bits per heavy atom. The van der Waals surface area contributed by atoms with Gasteiger partial charge in [-0.05, 0) is 6.92 Å². The fraction of sp³-hybridized carbons (Fsp3) is 0.750. The quantitative estimate of drug-likeness (QED) is 0.344.